The minimum Gasteiger partial charge on any atom is -0.481 e. The summed E-state index contributed by atoms with van der Waals surface area (Å²) in [7, 11) is 0. The van der Waals surface area contributed by atoms with Gasteiger partial charge in [-0.05, 0) is 12.3 Å². The summed E-state index contributed by atoms with van der Waals surface area (Å²) in [5, 5.41) is 20.2. The number of fused-ring (bicyclic) bond motifs is 1. The molecule has 0 aromatic rings. The molecule has 0 radical (unpaired) electrons. The van der Waals surface area contributed by atoms with Crippen LogP contribution < -0.4 is 11.1 Å². The molecule has 0 aliphatic heterocycles. The molecule has 0 aromatic heterocycles. The van der Waals surface area contributed by atoms with Gasteiger partial charge in [0.25, 0.3) is 0 Å². The van der Waals surface area contributed by atoms with E-state index in [9.17, 15) is 23.9 Å². The smallest absolute Gasteiger partial charge is 0.332 e. The SMILES string of the molecule is NCC(=O)N[C@]1(C(=O)O)[C@H]2[C@@H](C[C@@H]1F)[C@@H]2C(=O)O. The van der Waals surface area contributed by atoms with Gasteiger partial charge in [-0.25, -0.2) is 9.18 Å². The van der Waals surface area contributed by atoms with Crippen molar-refractivity contribution in [2.45, 2.75) is 18.1 Å². The third kappa shape index (κ3) is 1.48. The summed E-state index contributed by atoms with van der Waals surface area (Å²) in [5.74, 6) is -5.87. The lowest BCUT2D eigenvalue weighted by atomic mass is 9.88. The maximum Gasteiger partial charge on any atom is 0.332 e. The van der Waals surface area contributed by atoms with Crippen LogP contribution in [0.1, 0.15) is 6.42 Å². The largest absolute Gasteiger partial charge is 0.481 e. The number of carboxylic acids is 2. The van der Waals surface area contributed by atoms with Crippen LogP contribution in [0.25, 0.3) is 0 Å². The van der Waals surface area contributed by atoms with Gasteiger partial charge in [-0.1, -0.05) is 0 Å². The molecule has 18 heavy (non-hydrogen) atoms. The zero-order valence-corrected chi connectivity index (χ0v) is 9.30. The van der Waals surface area contributed by atoms with Gasteiger partial charge in [0.1, 0.15) is 6.17 Å². The molecular weight excluding hydrogens is 247 g/mol. The van der Waals surface area contributed by atoms with Crippen molar-refractivity contribution in [2.24, 2.45) is 23.5 Å². The third-order valence-electron chi connectivity index (χ3n) is 3.84. The van der Waals surface area contributed by atoms with E-state index in [2.05, 4.69) is 5.32 Å². The van der Waals surface area contributed by atoms with Crippen LogP contribution >= 0.6 is 0 Å². The van der Waals surface area contributed by atoms with Gasteiger partial charge in [0.15, 0.2) is 5.54 Å². The molecule has 5 N–H and O–H groups in total. The number of hydrogen-bond donors (Lipinski definition) is 4. The number of carbonyl (C=O) groups is 3. The number of aliphatic carboxylic acids is 2. The molecule has 2 aliphatic rings. The highest BCUT2D eigenvalue weighted by Crippen LogP contribution is 2.63. The molecule has 7 nitrogen and oxygen atoms in total. The summed E-state index contributed by atoms with van der Waals surface area (Å²) in [6.45, 7) is -0.475. The fourth-order valence-corrected chi connectivity index (χ4v) is 3.03. The van der Waals surface area contributed by atoms with E-state index in [0.29, 0.717) is 0 Å². The van der Waals surface area contributed by atoms with E-state index in [1.165, 1.54) is 0 Å². The van der Waals surface area contributed by atoms with Gasteiger partial charge in [-0.3, -0.25) is 9.59 Å². The van der Waals surface area contributed by atoms with Crippen LogP contribution in [-0.4, -0.2) is 46.3 Å². The lowest BCUT2D eigenvalue weighted by Crippen LogP contribution is -2.62. The van der Waals surface area contributed by atoms with E-state index in [0.717, 1.165) is 0 Å². The fourth-order valence-electron chi connectivity index (χ4n) is 3.03. The van der Waals surface area contributed by atoms with Crippen molar-refractivity contribution in [2.75, 3.05) is 6.54 Å². The molecule has 0 saturated heterocycles. The van der Waals surface area contributed by atoms with Crippen molar-refractivity contribution < 1.29 is 29.0 Å². The predicted octanol–water partition coefficient (Wildman–Crippen LogP) is -1.43. The summed E-state index contributed by atoms with van der Waals surface area (Å²) in [5.41, 5.74) is 2.92. The van der Waals surface area contributed by atoms with Crippen LogP contribution in [0.3, 0.4) is 0 Å². The second-order valence-electron chi connectivity index (χ2n) is 4.68. The molecule has 0 unspecified atom stereocenters. The molecule has 100 valence electrons. The molecule has 0 aromatic carbocycles. The molecule has 0 spiro atoms. The van der Waals surface area contributed by atoms with Gasteiger partial charge < -0.3 is 21.3 Å². The Labute approximate surface area is 101 Å². The molecule has 2 fully saturated rings. The number of halogens is 1. The molecule has 0 heterocycles. The number of carbonyl (C=O) groups excluding carboxylic acids is 1. The van der Waals surface area contributed by atoms with Crippen molar-refractivity contribution in [1.29, 1.82) is 0 Å². The maximum atomic E-state index is 13.9. The minimum atomic E-state index is -2.15. The first kappa shape index (κ1) is 12.7. The monoisotopic (exact) mass is 260 g/mol. The molecule has 2 aliphatic carbocycles. The Bertz CT molecular complexity index is 428. The second-order valence-corrected chi connectivity index (χ2v) is 4.68. The van der Waals surface area contributed by atoms with E-state index in [4.69, 9.17) is 10.8 Å². The topological polar surface area (TPSA) is 130 Å². The summed E-state index contributed by atoms with van der Waals surface area (Å²) >= 11 is 0. The van der Waals surface area contributed by atoms with Gasteiger partial charge in [-0.2, -0.15) is 0 Å². The van der Waals surface area contributed by atoms with Crippen molar-refractivity contribution in [3.8, 4) is 0 Å². The number of hydrogen-bond acceptors (Lipinski definition) is 4. The number of amides is 1. The number of alkyl halides is 1. The summed E-state index contributed by atoms with van der Waals surface area (Å²) in [6, 6.07) is 0. The molecule has 0 bridgehead atoms. The van der Waals surface area contributed by atoms with Crippen LogP contribution in [0.5, 0.6) is 0 Å². The number of nitrogens with one attached hydrogen (secondary N) is 1. The first-order chi connectivity index (χ1) is 8.36. The Morgan fingerprint density at radius 3 is 2.44 bits per heavy atom. The van der Waals surface area contributed by atoms with E-state index in [-0.39, 0.29) is 6.42 Å². The van der Waals surface area contributed by atoms with Crippen LogP contribution in [0, 0.1) is 17.8 Å². The number of carboxylic acid groups (broad SMARTS) is 2. The molecular formula is C10H13FN2O5. The number of nitrogens with two attached hydrogens (primary N) is 1. The Kier molecular flexibility index (Phi) is 2.77. The Morgan fingerprint density at radius 1 is 1.39 bits per heavy atom. The maximum absolute atomic E-state index is 13.9. The zero-order valence-electron chi connectivity index (χ0n) is 9.30. The van der Waals surface area contributed by atoms with E-state index < -0.39 is 53.9 Å². The summed E-state index contributed by atoms with van der Waals surface area (Å²) < 4.78 is 13.9. The van der Waals surface area contributed by atoms with Crippen LogP contribution in [0.4, 0.5) is 4.39 Å². The van der Waals surface area contributed by atoms with Crippen molar-refractivity contribution >= 4 is 17.8 Å². The number of rotatable bonds is 4. The molecule has 1 amide bonds. The van der Waals surface area contributed by atoms with E-state index in [1.807, 2.05) is 0 Å². The lowest BCUT2D eigenvalue weighted by Gasteiger charge is -2.30. The average Bonchev–Trinajstić information content (AvgIpc) is 2.92. The van der Waals surface area contributed by atoms with Gasteiger partial charge in [-0.15, -0.1) is 0 Å². The Hall–Kier alpha value is -1.70. The van der Waals surface area contributed by atoms with Crippen molar-refractivity contribution in [3.63, 3.8) is 0 Å². The van der Waals surface area contributed by atoms with E-state index >= 15 is 0 Å². The highest BCUT2D eigenvalue weighted by Gasteiger charge is 2.76. The molecule has 2 saturated carbocycles. The zero-order chi connectivity index (χ0) is 13.7. The normalized spacial score (nSPS) is 41.0. The van der Waals surface area contributed by atoms with Crippen molar-refractivity contribution in [1.82, 2.24) is 5.32 Å². The standard InChI is InChI=1S/C10H13FN2O5/c11-4-1-3-6(8(15)16)7(3)10(4,9(17)18)13-5(14)2-12/h3-4,6-7H,1-2,12H2,(H,13,14)(H,15,16)(H,17,18)/t3-,4-,6-,7-,10-/m0/s1. The van der Waals surface area contributed by atoms with E-state index in [1.54, 1.807) is 0 Å². The molecule has 5 atom stereocenters. The predicted molar refractivity (Wildman–Crippen MR) is 55.2 cm³/mol. The van der Waals surface area contributed by atoms with Gasteiger partial charge >= 0.3 is 11.9 Å². The first-order valence-corrected chi connectivity index (χ1v) is 5.47. The van der Waals surface area contributed by atoms with Crippen LogP contribution in [0.2, 0.25) is 0 Å². The second kappa shape index (κ2) is 3.91. The van der Waals surface area contributed by atoms with Gasteiger partial charge in [0.2, 0.25) is 5.91 Å². The average molecular weight is 260 g/mol. The highest BCUT2D eigenvalue weighted by atomic mass is 19.1. The Balaban J connectivity index is 2.31. The third-order valence-corrected chi connectivity index (χ3v) is 3.84. The minimum absolute atomic E-state index is 0.168. The summed E-state index contributed by atoms with van der Waals surface area (Å²) in [6.07, 6.45) is -1.96. The van der Waals surface area contributed by atoms with Crippen LogP contribution in [-0.2, 0) is 14.4 Å². The first-order valence-electron chi connectivity index (χ1n) is 5.47. The summed E-state index contributed by atoms with van der Waals surface area (Å²) in [4.78, 5) is 33.4. The van der Waals surface area contributed by atoms with Gasteiger partial charge in [0.05, 0.1) is 12.5 Å². The lowest BCUT2D eigenvalue weighted by molar-refractivity contribution is -0.152. The van der Waals surface area contributed by atoms with Crippen molar-refractivity contribution in [3.05, 3.63) is 0 Å². The fraction of sp³-hybridized carbons (Fsp3) is 0.700. The Morgan fingerprint density at radius 2 is 2.00 bits per heavy atom. The van der Waals surface area contributed by atoms with Crippen LogP contribution in [0.15, 0.2) is 0 Å². The molecule has 8 heteroatoms. The highest BCUT2D eigenvalue weighted by molar-refractivity contribution is 5.92. The van der Waals surface area contributed by atoms with Gasteiger partial charge in [0, 0.05) is 5.92 Å². The molecule has 2 rings (SSSR count). The quantitative estimate of drug-likeness (QED) is 0.490.